The van der Waals surface area contributed by atoms with Crippen LogP contribution in [0.2, 0.25) is 0 Å². The molecule has 0 spiro atoms. The first-order valence-electron chi connectivity index (χ1n) is 9.94. The number of halogens is 2. The van der Waals surface area contributed by atoms with Crippen LogP contribution in [0.3, 0.4) is 0 Å². The van der Waals surface area contributed by atoms with Gasteiger partial charge in [0, 0.05) is 50.0 Å². The van der Waals surface area contributed by atoms with Gasteiger partial charge in [-0.3, -0.25) is 4.90 Å². The number of anilines is 1. The lowest BCUT2D eigenvalue weighted by Crippen LogP contribution is -2.47. The Morgan fingerprint density at radius 2 is 1.63 bits per heavy atom. The smallest absolute Gasteiger partial charge is 0.217 e. The molecule has 1 fully saturated rings. The highest BCUT2D eigenvalue weighted by Crippen LogP contribution is 2.21. The van der Waals surface area contributed by atoms with Crippen molar-refractivity contribution in [1.82, 2.24) is 14.9 Å². The van der Waals surface area contributed by atoms with Crippen molar-refractivity contribution in [2.24, 2.45) is 0 Å². The number of ether oxygens (including phenoxy) is 1. The van der Waals surface area contributed by atoms with E-state index in [9.17, 15) is 4.39 Å². The van der Waals surface area contributed by atoms with E-state index in [0.717, 1.165) is 44.0 Å². The monoisotopic (exact) mass is 428 g/mol. The van der Waals surface area contributed by atoms with Crippen LogP contribution < -0.4 is 9.64 Å². The Balaban J connectivity index is 0.00000256. The van der Waals surface area contributed by atoms with Gasteiger partial charge in [0.05, 0.1) is 5.69 Å². The minimum atomic E-state index is -0.261. The van der Waals surface area contributed by atoms with Crippen molar-refractivity contribution >= 4 is 18.1 Å². The summed E-state index contributed by atoms with van der Waals surface area (Å²) in [6.45, 7) is 7.34. The summed E-state index contributed by atoms with van der Waals surface area (Å²) >= 11 is 0. The lowest BCUT2D eigenvalue weighted by atomic mass is 10.1. The lowest BCUT2D eigenvalue weighted by Gasteiger charge is -2.36. The molecule has 0 atom stereocenters. The molecule has 158 valence electrons. The quantitative estimate of drug-likeness (QED) is 0.588. The van der Waals surface area contributed by atoms with E-state index in [0.29, 0.717) is 18.3 Å². The average molecular weight is 429 g/mol. The molecule has 1 aliphatic heterocycles. The first kappa shape index (κ1) is 22.0. The van der Waals surface area contributed by atoms with Crippen LogP contribution in [0.25, 0.3) is 11.3 Å². The molecular weight excluding hydrogens is 403 g/mol. The van der Waals surface area contributed by atoms with E-state index in [2.05, 4.69) is 44.0 Å². The number of hydrogen-bond donors (Lipinski definition) is 0. The standard InChI is InChI=1S/C23H25FN4O.ClH/c1-18-25-22(19-7-9-20(24)10-8-19)17-23(26-18)29-16-15-27-11-13-28(14-12-27)21-5-3-2-4-6-21;/h2-10,17H,11-16H2,1H3;1H. The van der Waals surface area contributed by atoms with E-state index >= 15 is 0 Å². The molecule has 0 aliphatic carbocycles. The molecule has 0 unspecified atom stereocenters. The molecule has 0 N–H and O–H groups in total. The number of piperazine rings is 1. The van der Waals surface area contributed by atoms with Gasteiger partial charge in [-0.2, -0.15) is 4.98 Å². The normalized spacial score (nSPS) is 14.3. The summed E-state index contributed by atoms with van der Waals surface area (Å²) in [5.41, 5.74) is 2.87. The fourth-order valence-corrected chi connectivity index (χ4v) is 3.53. The van der Waals surface area contributed by atoms with Crippen molar-refractivity contribution in [3.8, 4) is 17.1 Å². The van der Waals surface area contributed by atoms with Gasteiger partial charge in [0.1, 0.15) is 18.2 Å². The zero-order valence-corrected chi connectivity index (χ0v) is 17.8. The lowest BCUT2D eigenvalue weighted by molar-refractivity contribution is 0.197. The van der Waals surface area contributed by atoms with Crippen LogP contribution in [-0.2, 0) is 0 Å². The van der Waals surface area contributed by atoms with Crippen LogP contribution in [0.15, 0.2) is 60.7 Å². The second kappa shape index (κ2) is 10.4. The minimum Gasteiger partial charge on any atom is -0.476 e. The zero-order valence-electron chi connectivity index (χ0n) is 17.0. The Kier molecular flexibility index (Phi) is 7.60. The summed E-state index contributed by atoms with van der Waals surface area (Å²) in [7, 11) is 0. The third-order valence-corrected chi connectivity index (χ3v) is 5.11. The second-order valence-corrected chi connectivity index (χ2v) is 7.16. The summed E-state index contributed by atoms with van der Waals surface area (Å²) in [6, 6.07) is 18.6. The zero-order chi connectivity index (χ0) is 20.1. The number of nitrogens with zero attached hydrogens (tertiary/aromatic N) is 4. The van der Waals surface area contributed by atoms with Crippen molar-refractivity contribution in [3.63, 3.8) is 0 Å². The maximum atomic E-state index is 13.2. The number of benzene rings is 2. The van der Waals surface area contributed by atoms with Gasteiger partial charge >= 0.3 is 0 Å². The Labute approximate surface area is 182 Å². The number of rotatable bonds is 6. The first-order valence-corrected chi connectivity index (χ1v) is 9.94. The Morgan fingerprint density at radius 3 is 2.33 bits per heavy atom. The second-order valence-electron chi connectivity index (χ2n) is 7.16. The fourth-order valence-electron chi connectivity index (χ4n) is 3.53. The molecule has 7 heteroatoms. The number of hydrogen-bond acceptors (Lipinski definition) is 5. The van der Waals surface area contributed by atoms with Gasteiger partial charge in [-0.15, -0.1) is 12.4 Å². The molecule has 5 nitrogen and oxygen atoms in total. The van der Waals surface area contributed by atoms with E-state index in [1.807, 2.05) is 19.1 Å². The molecule has 2 aromatic carbocycles. The summed E-state index contributed by atoms with van der Waals surface area (Å²) in [6.07, 6.45) is 0. The largest absolute Gasteiger partial charge is 0.476 e. The van der Waals surface area contributed by atoms with Crippen LogP contribution in [0.4, 0.5) is 10.1 Å². The van der Waals surface area contributed by atoms with E-state index in [4.69, 9.17) is 4.74 Å². The number of para-hydroxylation sites is 1. The molecule has 0 saturated carbocycles. The summed E-state index contributed by atoms with van der Waals surface area (Å²) in [5.74, 6) is 0.932. The van der Waals surface area contributed by atoms with Gasteiger partial charge in [0.15, 0.2) is 0 Å². The molecule has 0 amide bonds. The van der Waals surface area contributed by atoms with Gasteiger partial charge in [0.25, 0.3) is 0 Å². The van der Waals surface area contributed by atoms with Crippen LogP contribution in [0, 0.1) is 12.7 Å². The highest BCUT2D eigenvalue weighted by atomic mass is 35.5. The predicted octanol–water partition coefficient (Wildman–Crippen LogP) is 4.21. The predicted molar refractivity (Wildman–Crippen MR) is 120 cm³/mol. The van der Waals surface area contributed by atoms with Crippen LogP contribution in [0.5, 0.6) is 5.88 Å². The summed E-state index contributed by atoms with van der Waals surface area (Å²) in [4.78, 5) is 13.6. The van der Waals surface area contributed by atoms with E-state index in [1.54, 1.807) is 12.1 Å². The molecule has 3 aromatic rings. The molecular formula is C23H26ClFN4O. The third kappa shape index (κ3) is 5.68. The summed E-state index contributed by atoms with van der Waals surface area (Å²) in [5, 5.41) is 0. The molecule has 30 heavy (non-hydrogen) atoms. The van der Waals surface area contributed by atoms with Gasteiger partial charge in [0.2, 0.25) is 5.88 Å². The third-order valence-electron chi connectivity index (χ3n) is 5.11. The maximum absolute atomic E-state index is 13.2. The van der Waals surface area contributed by atoms with Gasteiger partial charge in [-0.05, 0) is 43.3 Å². The molecule has 0 radical (unpaired) electrons. The molecule has 2 heterocycles. The topological polar surface area (TPSA) is 41.5 Å². The van der Waals surface area contributed by atoms with Crippen LogP contribution >= 0.6 is 12.4 Å². The Hall–Kier alpha value is -2.70. The summed E-state index contributed by atoms with van der Waals surface area (Å²) < 4.78 is 19.1. The van der Waals surface area contributed by atoms with E-state index in [1.165, 1.54) is 17.8 Å². The molecule has 1 aliphatic rings. The van der Waals surface area contributed by atoms with Crippen molar-refractivity contribution in [2.45, 2.75) is 6.92 Å². The Morgan fingerprint density at radius 1 is 0.933 bits per heavy atom. The average Bonchev–Trinajstić information content (AvgIpc) is 2.75. The van der Waals surface area contributed by atoms with E-state index < -0.39 is 0 Å². The maximum Gasteiger partial charge on any atom is 0.217 e. The van der Waals surface area contributed by atoms with Gasteiger partial charge < -0.3 is 9.64 Å². The number of aryl methyl sites for hydroxylation is 1. The van der Waals surface area contributed by atoms with Crippen LogP contribution in [-0.4, -0.2) is 54.2 Å². The van der Waals surface area contributed by atoms with Crippen molar-refractivity contribution in [3.05, 3.63) is 72.3 Å². The molecule has 1 aromatic heterocycles. The number of aromatic nitrogens is 2. The first-order chi connectivity index (χ1) is 14.2. The van der Waals surface area contributed by atoms with E-state index in [-0.39, 0.29) is 18.2 Å². The minimum absolute atomic E-state index is 0. The van der Waals surface area contributed by atoms with Gasteiger partial charge in [-0.1, -0.05) is 18.2 Å². The highest BCUT2D eigenvalue weighted by molar-refractivity contribution is 5.85. The van der Waals surface area contributed by atoms with Crippen molar-refractivity contribution in [1.29, 1.82) is 0 Å². The van der Waals surface area contributed by atoms with Crippen molar-refractivity contribution < 1.29 is 9.13 Å². The van der Waals surface area contributed by atoms with Gasteiger partial charge in [-0.25, -0.2) is 9.37 Å². The van der Waals surface area contributed by atoms with Crippen LogP contribution in [0.1, 0.15) is 5.82 Å². The molecule has 1 saturated heterocycles. The fraction of sp³-hybridized carbons (Fsp3) is 0.304. The molecule has 4 rings (SSSR count). The van der Waals surface area contributed by atoms with Crippen molar-refractivity contribution in [2.75, 3.05) is 44.2 Å². The Bertz CT molecular complexity index is 932. The molecule has 0 bridgehead atoms. The highest BCUT2D eigenvalue weighted by Gasteiger charge is 2.17. The SMILES string of the molecule is Cc1nc(OCCN2CCN(c3ccccc3)CC2)cc(-c2ccc(F)cc2)n1.Cl.